The zero-order chi connectivity index (χ0) is 8.88. The predicted molar refractivity (Wildman–Crippen MR) is 54.1 cm³/mol. The van der Waals surface area contributed by atoms with Gasteiger partial charge in [0.15, 0.2) is 10.2 Å². The van der Waals surface area contributed by atoms with E-state index in [1.54, 1.807) is 0 Å². The van der Waals surface area contributed by atoms with Gasteiger partial charge in [-0.05, 0) is 38.3 Å². The lowest BCUT2D eigenvalue weighted by Crippen LogP contribution is -2.39. The van der Waals surface area contributed by atoms with Gasteiger partial charge in [-0.3, -0.25) is 0 Å². The summed E-state index contributed by atoms with van der Waals surface area (Å²) in [5, 5.41) is 11.7. The monoisotopic (exact) mass is 202 g/mol. The van der Waals surface area contributed by atoms with Crippen molar-refractivity contribution in [2.75, 3.05) is 0 Å². The first kappa shape index (κ1) is 8.00. The van der Waals surface area contributed by atoms with Crippen LogP contribution in [0, 0.1) is 0 Å². The molecule has 0 aliphatic carbocycles. The van der Waals surface area contributed by atoms with Crippen molar-refractivity contribution in [2.45, 2.75) is 26.2 Å². The maximum absolute atomic E-state index is 5.14. The van der Waals surface area contributed by atoms with Gasteiger partial charge in [0.2, 0.25) is 0 Å². The lowest BCUT2D eigenvalue weighted by Gasteiger charge is -2.22. The molecule has 0 radical (unpaired) electrons. The van der Waals surface area contributed by atoms with E-state index >= 15 is 0 Å². The molecule has 66 valence electrons. The van der Waals surface area contributed by atoms with Crippen molar-refractivity contribution < 1.29 is 0 Å². The first-order valence-electron chi connectivity index (χ1n) is 3.80. The molecule has 2 rings (SSSR count). The second-order valence-electron chi connectivity index (χ2n) is 2.94. The van der Waals surface area contributed by atoms with E-state index in [0.717, 1.165) is 10.2 Å². The lowest BCUT2D eigenvalue weighted by atomic mass is 10.5. The summed E-state index contributed by atoms with van der Waals surface area (Å²) in [6.07, 6.45) is 0.338. The number of nitrogens with one attached hydrogen (secondary N) is 2. The van der Waals surface area contributed by atoms with Crippen LogP contribution in [0.15, 0.2) is 0 Å². The summed E-state index contributed by atoms with van der Waals surface area (Å²) in [5.41, 5.74) is 0. The van der Waals surface area contributed by atoms with Crippen LogP contribution >= 0.6 is 24.4 Å². The van der Waals surface area contributed by atoms with Crippen molar-refractivity contribution in [3.8, 4) is 0 Å². The van der Waals surface area contributed by atoms with E-state index in [9.17, 15) is 0 Å². The van der Waals surface area contributed by atoms with Gasteiger partial charge in [0.1, 0.15) is 12.3 Å². The van der Waals surface area contributed by atoms with Gasteiger partial charge >= 0.3 is 0 Å². The molecule has 0 aromatic carbocycles. The number of hydrogen-bond donors (Lipinski definition) is 2. The molecule has 0 spiro atoms. The topological polar surface area (TPSA) is 30.5 Å². The van der Waals surface area contributed by atoms with Gasteiger partial charge in [-0.2, -0.15) is 0 Å². The molecular weight excluding hydrogens is 192 g/mol. The van der Waals surface area contributed by atoms with Gasteiger partial charge < -0.3 is 10.6 Å². The standard InChI is InChI=1S/C6H10N4S2/c1-3-7-5(11)10-4(2)8-6(12)9(3)10/h3-4H,1-2H3,(H,7,11)(H,8,12)/t3-,4-/m1/s1. The number of hydrogen-bond acceptors (Lipinski definition) is 2. The van der Waals surface area contributed by atoms with E-state index in [0.29, 0.717) is 0 Å². The molecule has 0 bridgehead atoms. The van der Waals surface area contributed by atoms with E-state index in [2.05, 4.69) is 10.6 Å². The quantitative estimate of drug-likeness (QED) is 0.537. The van der Waals surface area contributed by atoms with Crippen LogP contribution in [0.1, 0.15) is 13.8 Å². The maximum Gasteiger partial charge on any atom is 0.191 e. The first-order valence-corrected chi connectivity index (χ1v) is 4.62. The molecule has 2 atom stereocenters. The Kier molecular flexibility index (Phi) is 1.62. The van der Waals surface area contributed by atoms with Crippen LogP contribution in [0.25, 0.3) is 0 Å². The number of thiocarbonyl (C=S) groups is 2. The van der Waals surface area contributed by atoms with Crippen molar-refractivity contribution >= 4 is 34.7 Å². The molecule has 0 aromatic heterocycles. The van der Waals surface area contributed by atoms with Crippen LogP contribution in [0.5, 0.6) is 0 Å². The third-order valence-electron chi connectivity index (χ3n) is 2.05. The minimum atomic E-state index is 0.169. The molecule has 0 aromatic rings. The molecule has 4 nitrogen and oxygen atoms in total. The molecule has 0 amide bonds. The average molecular weight is 202 g/mol. The second-order valence-corrected chi connectivity index (χ2v) is 3.71. The van der Waals surface area contributed by atoms with Gasteiger partial charge in [0.25, 0.3) is 0 Å². The van der Waals surface area contributed by atoms with E-state index in [1.165, 1.54) is 0 Å². The molecule has 2 aliphatic heterocycles. The fourth-order valence-electron chi connectivity index (χ4n) is 1.53. The molecule has 0 saturated carbocycles. The Labute approximate surface area is 81.9 Å². The normalized spacial score (nSPS) is 33.5. The van der Waals surface area contributed by atoms with Crippen LogP contribution in [0.3, 0.4) is 0 Å². The van der Waals surface area contributed by atoms with Gasteiger partial charge in [0, 0.05) is 0 Å². The Morgan fingerprint density at radius 1 is 1.00 bits per heavy atom. The van der Waals surface area contributed by atoms with Crippen molar-refractivity contribution in [1.29, 1.82) is 0 Å². The Morgan fingerprint density at radius 2 is 1.33 bits per heavy atom. The molecule has 12 heavy (non-hydrogen) atoms. The highest BCUT2D eigenvalue weighted by Crippen LogP contribution is 2.20. The maximum atomic E-state index is 5.14. The fraction of sp³-hybridized carbons (Fsp3) is 0.667. The summed E-state index contributed by atoms with van der Waals surface area (Å²) in [4.78, 5) is 0. The average Bonchev–Trinajstić information content (AvgIpc) is 2.38. The Balaban J connectivity index is 2.32. The highest BCUT2D eigenvalue weighted by molar-refractivity contribution is 7.80. The predicted octanol–water partition coefficient (Wildman–Crippen LogP) is -0.0264. The summed E-state index contributed by atoms with van der Waals surface area (Å²) in [6.45, 7) is 4.05. The zero-order valence-electron chi connectivity index (χ0n) is 6.87. The van der Waals surface area contributed by atoms with Gasteiger partial charge in [-0.15, -0.1) is 0 Å². The summed E-state index contributed by atoms with van der Waals surface area (Å²) in [7, 11) is 0. The van der Waals surface area contributed by atoms with E-state index < -0.39 is 0 Å². The van der Waals surface area contributed by atoms with Crippen molar-refractivity contribution in [3.63, 3.8) is 0 Å². The van der Waals surface area contributed by atoms with Crippen LogP contribution in [0.4, 0.5) is 0 Å². The first-order chi connectivity index (χ1) is 5.61. The molecule has 2 aliphatic rings. The molecule has 2 heterocycles. The van der Waals surface area contributed by atoms with E-state index in [4.69, 9.17) is 24.4 Å². The smallest absolute Gasteiger partial charge is 0.191 e. The van der Waals surface area contributed by atoms with Crippen molar-refractivity contribution in [1.82, 2.24) is 20.7 Å². The molecule has 6 heteroatoms. The SMILES string of the molecule is C[C@@H]1NC(=S)N2[C@H](C)NC(=S)N12. The van der Waals surface area contributed by atoms with Crippen LogP contribution < -0.4 is 10.6 Å². The van der Waals surface area contributed by atoms with Crippen LogP contribution in [-0.2, 0) is 0 Å². The van der Waals surface area contributed by atoms with E-state index in [-0.39, 0.29) is 12.3 Å². The summed E-state index contributed by atoms with van der Waals surface area (Å²) in [5.74, 6) is 0. The summed E-state index contributed by atoms with van der Waals surface area (Å²) < 4.78 is 0. The zero-order valence-corrected chi connectivity index (χ0v) is 8.50. The van der Waals surface area contributed by atoms with Gasteiger partial charge in [-0.1, -0.05) is 0 Å². The summed E-state index contributed by atoms with van der Waals surface area (Å²) in [6, 6.07) is 0. The minimum absolute atomic E-state index is 0.169. The molecular formula is C6H10N4S2. The minimum Gasteiger partial charge on any atom is -0.340 e. The van der Waals surface area contributed by atoms with Crippen molar-refractivity contribution in [3.05, 3.63) is 0 Å². The number of nitrogens with zero attached hydrogens (tertiary/aromatic N) is 2. The number of fused-ring (bicyclic) bond motifs is 1. The molecule has 0 unspecified atom stereocenters. The second kappa shape index (κ2) is 2.43. The Bertz CT molecular complexity index is 228. The third-order valence-corrected chi connectivity index (χ3v) is 2.66. The van der Waals surface area contributed by atoms with E-state index in [1.807, 2.05) is 23.9 Å². The van der Waals surface area contributed by atoms with Gasteiger partial charge in [0.05, 0.1) is 0 Å². The Hall–Kier alpha value is -0.620. The van der Waals surface area contributed by atoms with Crippen molar-refractivity contribution in [2.24, 2.45) is 0 Å². The third kappa shape index (κ3) is 0.879. The van der Waals surface area contributed by atoms with Crippen LogP contribution in [-0.4, -0.2) is 32.6 Å². The molecule has 2 saturated heterocycles. The largest absolute Gasteiger partial charge is 0.340 e. The highest BCUT2D eigenvalue weighted by atomic mass is 32.1. The Morgan fingerprint density at radius 3 is 1.67 bits per heavy atom. The molecule has 2 N–H and O–H groups in total. The molecule has 2 fully saturated rings. The lowest BCUT2D eigenvalue weighted by molar-refractivity contribution is 0.129. The number of rotatable bonds is 0. The van der Waals surface area contributed by atoms with Crippen LogP contribution in [0.2, 0.25) is 0 Å². The van der Waals surface area contributed by atoms with Gasteiger partial charge in [-0.25, -0.2) is 10.0 Å². The highest BCUT2D eigenvalue weighted by Gasteiger charge is 2.42. The number of hydrazine groups is 1. The fourth-order valence-corrected chi connectivity index (χ4v) is 2.37. The summed E-state index contributed by atoms with van der Waals surface area (Å²) >= 11 is 10.3.